The number of hydrogen-bond donors (Lipinski definition) is 0. The summed E-state index contributed by atoms with van der Waals surface area (Å²) in [5.74, 6) is -0.966. The molecule has 4 rings (SSSR count). The number of hydrogen-bond acceptors (Lipinski definition) is 8. The number of aromatic nitrogens is 2. The van der Waals surface area contributed by atoms with Gasteiger partial charge in [0.2, 0.25) is 5.78 Å². The molecule has 0 saturated heterocycles. The highest BCUT2D eigenvalue weighted by Gasteiger charge is 2.33. The van der Waals surface area contributed by atoms with Gasteiger partial charge in [-0.2, -0.15) is 0 Å². The third kappa shape index (κ3) is 4.80. The first kappa shape index (κ1) is 22.3. The molecular formula is C23H20N4O5S. The summed E-state index contributed by atoms with van der Waals surface area (Å²) in [5, 5.41) is 15.5. The standard InChI is InChI=1S/C23H20N4O5S/c1-3-31-17-11-9-15(10-12-17)13-18-21(29)27(16-7-5-4-6-8-16)23(24-18)33-14-19(28)20-22(30)32-25-26(20)2/h4-13H,3,14H2,1-2H3/b18-13+. The van der Waals surface area contributed by atoms with Crippen molar-refractivity contribution in [3.63, 3.8) is 0 Å². The van der Waals surface area contributed by atoms with E-state index in [-0.39, 0.29) is 23.1 Å². The van der Waals surface area contributed by atoms with Gasteiger partial charge in [0.05, 0.1) is 23.3 Å². The van der Waals surface area contributed by atoms with Gasteiger partial charge in [-0.15, -0.1) is 0 Å². The Bertz CT molecular complexity index is 1220. The molecule has 0 bridgehead atoms. The number of amidine groups is 1. The molecule has 1 amide bonds. The summed E-state index contributed by atoms with van der Waals surface area (Å²) in [4.78, 5) is 31.7. The number of anilines is 1. The van der Waals surface area contributed by atoms with Gasteiger partial charge in [0.15, 0.2) is 18.2 Å². The zero-order valence-corrected chi connectivity index (χ0v) is 18.7. The van der Waals surface area contributed by atoms with Gasteiger partial charge >= 0.3 is 0 Å². The molecule has 1 aromatic heterocycles. The fourth-order valence-corrected chi connectivity index (χ4v) is 4.07. The Morgan fingerprint density at radius 3 is 2.58 bits per heavy atom. The molecule has 0 aliphatic carbocycles. The van der Waals surface area contributed by atoms with Crippen molar-refractivity contribution >= 4 is 40.4 Å². The van der Waals surface area contributed by atoms with Gasteiger partial charge in [-0.25, -0.2) is 4.99 Å². The van der Waals surface area contributed by atoms with Gasteiger partial charge in [0.1, 0.15) is 11.4 Å². The highest BCUT2D eigenvalue weighted by Crippen LogP contribution is 2.30. The molecule has 0 N–H and O–H groups in total. The number of carbonyl (C=O) groups excluding carboxylic acids is 2. The lowest BCUT2D eigenvalue weighted by Gasteiger charge is -2.17. The Balaban J connectivity index is 1.61. The van der Waals surface area contributed by atoms with E-state index in [1.54, 1.807) is 18.2 Å². The summed E-state index contributed by atoms with van der Waals surface area (Å²) in [6.07, 6.45) is 1.68. The van der Waals surface area contributed by atoms with Crippen LogP contribution in [0.4, 0.5) is 5.69 Å². The predicted molar refractivity (Wildman–Crippen MR) is 121 cm³/mol. The lowest BCUT2D eigenvalue weighted by Crippen LogP contribution is -2.38. The predicted octanol–water partition coefficient (Wildman–Crippen LogP) is 2.33. The molecule has 1 aliphatic rings. The monoisotopic (exact) mass is 464 g/mol. The zero-order chi connectivity index (χ0) is 23.4. The summed E-state index contributed by atoms with van der Waals surface area (Å²) in [6, 6.07) is 16.3. The molecule has 1 aliphatic heterocycles. The molecule has 0 radical (unpaired) electrons. The Labute approximate surface area is 194 Å². The van der Waals surface area contributed by atoms with Crippen LogP contribution in [0.5, 0.6) is 11.7 Å². The molecule has 0 fully saturated rings. The number of para-hydroxylation sites is 1. The Kier molecular flexibility index (Phi) is 6.55. The van der Waals surface area contributed by atoms with Crippen LogP contribution >= 0.6 is 11.8 Å². The number of nitrogens with zero attached hydrogens (tertiary/aromatic N) is 4. The summed E-state index contributed by atoms with van der Waals surface area (Å²) < 4.78 is 11.1. The van der Waals surface area contributed by atoms with E-state index in [0.717, 1.165) is 27.8 Å². The fraction of sp³-hybridized carbons (Fsp3) is 0.174. The Morgan fingerprint density at radius 2 is 1.94 bits per heavy atom. The van der Waals surface area contributed by atoms with Crippen molar-refractivity contribution in [2.45, 2.75) is 6.92 Å². The second kappa shape index (κ2) is 9.70. The van der Waals surface area contributed by atoms with Crippen LogP contribution in [0.15, 0.2) is 69.8 Å². The normalized spacial score (nSPS) is 14.6. The van der Waals surface area contributed by atoms with Crippen LogP contribution in [0.25, 0.3) is 6.08 Å². The molecule has 33 heavy (non-hydrogen) atoms. The van der Waals surface area contributed by atoms with E-state index in [4.69, 9.17) is 4.74 Å². The van der Waals surface area contributed by atoms with Crippen molar-refractivity contribution in [1.29, 1.82) is 0 Å². The largest absolute Gasteiger partial charge is 0.539 e. The van der Waals surface area contributed by atoms with E-state index in [1.165, 1.54) is 11.9 Å². The lowest BCUT2D eigenvalue weighted by atomic mass is 10.2. The van der Waals surface area contributed by atoms with Gasteiger partial charge in [-0.1, -0.05) is 46.8 Å². The second-order valence-electron chi connectivity index (χ2n) is 6.95. The van der Waals surface area contributed by atoms with Crippen LogP contribution in [0.3, 0.4) is 0 Å². The highest BCUT2D eigenvalue weighted by molar-refractivity contribution is 8.14. The van der Waals surface area contributed by atoms with Crippen LogP contribution in [0.1, 0.15) is 23.0 Å². The van der Waals surface area contributed by atoms with E-state index in [0.29, 0.717) is 17.5 Å². The number of ketones is 1. The second-order valence-corrected chi connectivity index (χ2v) is 7.89. The minimum atomic E-state index is -0.802. The van der Waals surface area contributed by atoms with Crippen molar-refractivity contribution in [2.75, 3.05) is 17.3 Å². The highest BCUT2D eigenvalue weighted by atomic mass is 32.2. The first-order valence-corrected chi connectivity index (χ1v) is 11.1. The molecule has 10 heteroatoms. The number of aliphatic imine (C=N–C) groups is 1. The molecule has 0 unspecified atom stereocenters. The van der Waals surface area contributed by atoms with Crippen LogP contribution in [-0.4, -0.2) is 34.5 Å². The van der Waals surface area contributed by atoms with Crippen molar-refractivity contribution in [2.24, 2.45) is 12.0 Å². The third-order valence-electron chi connectivity index (χ3n) is 4.70. The first-order valence-electron chi connectivity index (χ1n) is 10.1. The van der Waals surface area contributed by atoms with Crippen molar-refractivity contribution in [3.05, 3.63) is 71.6 Å². The van der Waals surface area contributed by atoms with E-state index in [2.05, 4.69) is 14.8 Å². The van der Waals surface area contributed by atoms with Crippen LogP contribution in [-0.2, 0) is 11.8 Å². The van der Waals surface area contributed by atoms with E-state index < -0.39 is 11.7 Å². The van der Waals surface area contributed by atoms with E-state index >= 15 is 0 Å². The average Bonchev–Trinajstić information content (AvgIpc) is 3.32. The van der Waals surface area contributed by atoms with Crippen molar-refractivity contribution < 1.29 is 28.6 Å². The molecule has 0 atom stereocenters. The molecule has 9 nitrogen and oxygen atoms in total. The number of rotatable bonds is 7. The topological polar surface area (TPSA) is 112 Å². The number of benzene rings is 2. The maximum Gasteiger partial charge on any atom is 0.300 e. The summed E-state index contributed by atoms with van der Waals surface area (Å²) >= 11 is 1.06. The van der Waals surface area contributed by atoms with Gasteiger partial charge in [-0.05, 0) is 42.8 Å². The minimum Gasteiger partial charge on any atom is -0.539 e. The molecule has 168 valence electrons. The molecule has 0 spiro atoms. The average molecular weight is 465 g/mol. The zero-order valence-electron chi connectivity index (χ0n) is 17.9. The summed E-state index contributed by atoms with van der Waals surface area (Å²) in [6.45, 7) is 2.47. The van der Waals surface area contributed by atoms with Crippen molar-refractivity contribution in [3.8, 4) is 11.7 Å². The molecule has 2 heterocycles. The molecular weight excluding hydrogens is 444 g/mol. The summed E-state index contributed by atoms with van der Waals surface area (Å²) in [5.41, 5.74) is 1.48. The van der Waals surface area contributed by atoms with Crippen molar-refractivity contribution in [1.82, 2.24) is 5.27 Å². The number of carbonyl (C=O) groups is 2. The maximum absolute atomic E-state index is 13.2. The molecule has 3 aromatic rings. The summed E-state index contributed by atoms with van der Waals surface area (Å²) in [7, 11) is 1.45. The fourth-order valence-electron chi connectivity index (χ4n) is 3.19. The minimum absolute atomic E-state index is 0.115. The first-order chi connectivity index (χ1) is 16.0. The number of Topliss-reactive ketones (excluding diaryl/α,β-unsaturated/α-hetero) is 1. The number of amides is 1. The van der Waals surface area contributed by atoms with Gasteiger partial charge in [0.25, 0.3) is 11.6 Å². The van der Waals surface area contributed by atoms with Gasteiger partial charge in [-0.3, -0.25) is 14.5 Å². The van der Waals surface area contributed by atoms with Crippen LogP contribution in [0.2, 0.25) is 0 Å². The number of aryl methyl sites for hydroxylation is 1. The molecule has 2 aromatic carbocycles. The number of ether oxygens (including phenoxy) is 1. The van der Waals surface area contributed by atoms with Gasteiger partial charge in [0, 0.05) is 0 Å². The SMILES string of the molecule is CCOc1ccc(/C=C2/N=C(SCC(=O)c3c([O-])on[n+]3C)N(c3ccccc3)C2=O)cc1. The number of thioether (sulfide) groups is 1. The quantitative estimate of drug-likeness (QED) is 0.300. The van der Waals surface area contributed by atoms with Crippen LogP contribution in [0, 0.1) is 0 Å². The van der Waals surface area contributed by atoms with Crippen LogP contribution < -0.4 is 19.4 Å². The third-order valence-corrected chi connectivity index (χ3v) is 5.64. The smallest absolute Gasteiger partial charge is 0.300 e. The van der Waals surface area contributed by atoms with E-state index in [9.17, 15) is 14.7 Å². The van der Waals surface area contributed by atoms with Gasteiger partial charge < -0.3 is 14.4 Å². The Hall–Kier alpha value is -3.92. The Morgan fingerprint density at radius 1 is 1.21 bits per heavy atom. The lowest BCUT2D eigenvalue weighted by molar-refractivity contribution is -0.741. The van der Waals surface area contributed by atoms with E-state index in [1.807, 2.05) is 49.4 Å². The maximum atomic E-state index is 13.2. The molecule has 0 saturated carbocycles.